The molecule has 0 aliphatic heterocycles. The van der Waals surface area contributed by atoms with Crippen molar-refractivity contribution in [3.8, 4) is 11.3 Å². The fourth-order valence-corrected chi connectivity index (χ4v) is 5.67. The van der Waals surface area contributed by atoms with Gasteiger partial charge in [0.25, 0.3) is 0 Å². The van der Waals surface area contributed by atoms with Crippen molar-refractivity contribution in [1.82, 2.24) is 4.37 Å². The van der Waals surface area contributed by atoms with Gasteiger partial charge in [-0.1, -0.05) is 12.1 Å². The summed E-state index contributed by atoms with van der Waals surface area (Å²) in [5, 5.41) is 10.9. The molecule has 10 heteroatoms. The summed E-state index contributed by atoms with van der Waals surface area (Å²) in [6.07, 6.45) is -3.08. The Labute approximate surface area is 180 Å². The van der Waals surface area contributed by atoms with Gasteiger partial charge in [-0.2, -0.15) is 17.5 Å². The monoisotopic (exact) mass is 467 g/mol. The van der Waals surface area contributed by atoms with Gasteiger partial charge in [0.05, 0.1) is 27.5 Å². The van der Waals surface area contributed by atoms with Gasteiger partial charge in [-0.05, 0) is 71.8 Å². The van der Waals surface area contributed by atoms with Crippen molar-refractivity contribution in [3.63, 3.8) is 0 Å². The maximum absolute atomic E-state index is 13.3. The molecule has 1 N–H and O–H groups in total. The number of hydrogen-bond acceptors (Lipinski definition) is 5. The van der Waals surface area contributed by atoms with Crippen molar-refractivity contribution in [2.45, 2.75) is 35.6 Å². The summed E-state index contributed by atoms with van der Waals surface area (Å²) in [5.74, 6) is -1.97. The highest BCUT2D eigenvalue weighted by Crippen LogP contribution is 2.44. The molecule has 2 aromatic carbocycles. The summed E-state index contributed by atoms with van der Waals surface area (Å²) in [4.78, 5) is 11.2. The molecular formula is C21H16F3NO4S2. The van der Waals surface area contributed by atoms with Gasteiger partial charge in [0.2, 0.25) is 0 Å². The molecule has 0 unspecified atom stereocenters. The molecule has 1 aliphatic rings. The van der Waals surface area contributed by atoms with E-state index in [9.17, 15) is 31.5 Å². The minimum Gasteiger partial charge on any atom is -0.478 e. The molecule has 0 bridgehead atoms. The van der Waals surface area contributed by atoms with Crippen molar-refractivity contribution < 1.29 is 31.5 Å². The number of halogens is 3. The Morgan fingerprint density at radius 1 is 1.13 bits per heavy atom. The van der Waals surface area contributed by atoms with Gasteiger partial charge in [0, 0.05) is 10.9 Å². The van der Waals surface area contributed by atoms with Gasteiger partial charge in [-0.25, -0.2) is 13.2 Å². The smallest absolute Gasteiger partial charge is 0.416 e. The molecule has 5 nitrogen and oxygen atoms in total. The van der Waals surface area contributed by atoms with Crippen LogP contribution in [0.15, 0.2) is 52.7 Å². The predicted molar refractivity (Wildman–Crippen MR) is 109 cm³/mol. The van der Waals surface area contributed by atoms with E-state index in [1.807, 2.05) is 0 Å². The lowest BCUT2D eigenvalue weighted by Crippen LogP contribution is -2.12. The Balaban J connectivity index is 1.83. The van der Waals surface area contributed by atoms with E-state index in [1.54, 1.807) is 11.4 Å². The lowest BCUT2D eigenvalue weighted by Gasteiger charge is -2.15. The maximum atomic E-state index is 13.3. The number of sulfone groups is 1. The summed E-state index contributed by atoms with van der Waals surface area (Å²) in [6, 6.07) is 8.47. The number of rotatable bonds is 6. The zero-order valence-electron chi connectivity index (χ0n) is 15.9. The van der Waals surface area contributed by atoms with Gasteiger partial charge in [-0.15, -0.1) is 0 Å². The van der Waals surface area contributed by atoms with Gasteiger partial charge in [0.15, 0.2) is 9.84 Å². The fraction of sp³-hybridized carbons (Fsp3) is 0.238. The summed E-state index contributed by atoms with van der Waals surface area (Å²) >= 11 is 1.10. The number of aromatic nitrogens is 1. The molecule has 3 aromatic rings. The van der Waals surface area contributed by atoms with E-state index in [-0.39, 0.29) is 21.9 Å². The molecule has 0 spiro atoms. The minimum absolute atomic E-state index is 0.00661. The highest BCUT2D eigenvalue weighted by atomic mass is 32.2. The number of carboxylic acid groups (broad SMARTS) is 1. The lowest BCUT2D eigenvalue weighted by atomic mass is 10.0. The van der Waals surface area contributed by atoms with Gasteiger partial charge < -0.3 is 5.11 Å². The van der Waals surface area contributed by atoms with Gasteiger partial charge in [-0.3, -0.25) is 0 Å². The number of carbonyl (C=O) groups is 1. The second-order valence-electron chi connectivity index (χ2n) is 7.35. The molecule has 1 aromatic heterocycles. The van der Waals surface area contributed by atoms with Crippen LogP contribution in [0.1, 0.15) is 45.8 Å². The van der Waals surface area contributed by atoms with Crippen LogP contribution in [0, 0.1) is 0 Å². The lowest BCUT2D eigenvalue weighted by molar-refractivity contribution is -0.137. The Morgan fingerprint density at radius 2 is 1.87 bits per heavy atom. The van der Waals surface area contributed by atoms with Crippen molar-refractivity contribution in [2.75, 3.05) is 0 Å². The van der Waals surface area contributed by atoms with Crippen LogP contribution in [0.3, 0.4) is 0 Å². The molecule has 31 heavy (non-hydrogen) atoms. The first-order valence-electron chi connectivity index (χ1n) is 9.27. The average Bonchev–Trinajstić information content (AvgIpc) is 3.40. The van der Waals surface area contributed by atoms with Crippen molar-refractivity contribution >= 4 is 27.3 Å². The highest BCUT2D eigenvalue weighted by molar-refractivity contribution is 7.90. The Bertz CT molecular complexity index is 1250. The molecule has 0 saturated heterocycles. The number of carboxylic acids is 1. The van der Waals surface area contributed by atoms with Crippen LogP contribution in [-0.4, -0.2) is 23.9 Å². The normalized spacial score (nSPS) is 14.5. The largest absolute Gasteiger partial charge is 0.478 e. The number of hydrogen-bond donors (Lipinski definition) is 1. The summed E-state index contributed by atoms with van der Waals surface area (Å²) in [7, 11) is -4.14. The molecule has 0 atom stereocenters. The zero-order chi connectivity index (χ0) is 22.4. The number of alkyl halides is 3. The second-order valence-corrected chi connectivity index (χ2v) is 9.97. The van der Waals surface area contributed by atoms with E-state index in [0.29, 0.717) is 16.8 Å². The number of nitrogens with zero attached hydrogens (tertiary/aromatic N) is 1. The Kier molecular flexibility index (Phi) is 5.38. The van der Waals surface area contributed by atoms with Crippen LogP contribution in [0.2, 0.25) is 0 Å². The third-order valence-corrected chi connectivity index (χ3v) is 7.38. The number of aromatic carboxylic acids is 1. The molecule has 1 heterocycles. The van der Waals surface area contributed by atoms with Crippen LogP contribution >= 0.6 is 11.5 Å². The Hall–Kier alpha value is -2.72. The van der Waals surface area contributed by atoms with Crippen molar-refractivity contribution in [1.29, 1.82) is 0 Å². The molecule has 162 valence electrons. The molecule has 1 fully saturated rings. The van der Waals surface area contributed by atoms with E-state index >= 15 is 0 Å². The van der Waals surface area contributed by atoms with Crippen LogP contribution in [-0.2, 0) is 21.8 Å². The topological polar surface area (TPSA) is 84.3 Å². The van der Waals surface area contributed by atoms with Crippen LogP contribution in [0.5, 0.6) is 0 Å². The molecule has 1 aliphatic carbocycles. The summed E-state index contributed by atoms with van der Waals surface area (Å²) in [6.45, 7) is 0. The first kappa shape index (κ1) is 21.5. The van der Waals surface area contributed by atoms with E-state index in [1.165, 1.54) is 18.2 Å². The first-order valence-corrected chi connectivity index (χ1v) is 11.8. The molecule has 0 radical (unpaired) electrons. The van der Waals surface area contributed by atoms with Crippen LogP contribution in [0.4, 0.5) is 13.2 Å². The van der Waals surface area contributed by atoms with Gasteiger partial charge in [0.1, 0.15) is 0 Å². The molecule has 1 saturated carbocycles. The minimum atomic E-state index is -4.64. The van der Waals surface area contributed by atoms with E-state index < -0.39 is 33.3 Å². The van der Waals surface area contributed by atoms with Crippen LogP contribution in [0.25, 0.3) is 11.3 Å². The van der Waals surface area contributed by atoms with E-state index in [2.05, 4.69) is 4.37 Å². The predicted octanol–water partition coefficient (Wildman–Crippen LogP) is 5.38. The average molecular weight is 467 g/mol. The number of benzene rings is 2. The fourth-order valence-electron chi connectivity index (χ4n) is 3.44. The van der Waals surface area contributed by atoms with Crippen molar-refractivity contribution in [3.05, 3.63) is 70.1 Å². The third-order valence-electron chi connectivity index (χ3n) is 5.10. The van der Waals surface area contributed by atoms with E-state index in [0.717, 1.165) is 42.6 Å². The molecule has 4 rings (SSSR count). The zero-order valence-corrected chi connectivity index (χ0v) is 17.5. The van der Waals surface area contributed by atoms with Crippen molar-refractivity contribution in [2.24, 2.45) is 0 Å². The Morgan fingerprint density at radius 3 is 2.45 bits per heavy atom. The molecule has 0 amide bonds. The standard InChI is InChI=1S/C21H16F3NO4S2/c22-21(23,24)15-4-6-16(18-7-8-30-25-18)14(9-15)11-31(28,29)19-10-13(20(26)27)3-5-17(19)12-1-2-12/h3-10,12H,1-2,11H2,(H,26,27). The highest BCUT2D eigenvalue weighted by Gasteiger charge is 2.34. The summed E-state index contributed by atoms with van der Waals surface area (Å²) in [5.41, 5.74) is -0.00803. The van der Waals surface area contributed by atoms with Crippen LogP contribution < -0.4 is 0 Å². The second kappa shape index (κ2) is 7.76. The maximum Gasteiger partial charge on any atom is 0.416 e. The molecular weight excluding hydrogens is 451 g/mol. The third kappa shape index (κ3) is 4.49. The van der Waals surface area contributed by atoms with Gasteiger partial charge >= 0.3 is 12.1 Å². The SMILES string of the molecule is O=C(O)c1ccc(C2CC2)c(S(=O)(=O)Cc2cc(C(F)(F)F)ccc2-c2ccsn2)c1. The first-order chi connectivity index (χ1) is 14.6. The quantitative estimate of drug-likeness (QED) is 0.526. The van der Waals surface area contributed by atoms with E-state index in [4.69, 9.17) is 0 Å². The summed E-state index contributed by atoms with van der Waals surface area (Å²) < 4.78 is 70.6.